The van der Waals surface area contributed by atoms with Crippen molar-refractivity contribution in [1.29, 1.82) is 0 Å². The molecule has 1 aromatic rings. The molecule has 0 aromatic heterocycles. The van der Waals surface area contributed by atoms with Gasteiger partial charge in [-0.15, -0.1) is 0 Å². The summed E-state index contributed by atoms with van der Waals surface area (Å²) in [6.45, 7) is 4.03. The number of hydrogen-bond acceptors (Lipinski definition) is 2. The van der Waals surface area contributed by atoms with Crippen LogP contribution in [0, 0.1) is 9.49 Å². The van der Waals surface area contributed by atoms with E-state index >= 15 is 0 Å². The second kappa shape index (κ2) is 7.83. The van der Waals surface area contributed by atoms with Crippen molar-refractivity contribution in [1.82, 2.24) is 4.90 Å². The van der Waals surface area contributed by atoms with Crippen molar-refractivity contribution in [3.63, 3.8) is 0 Å². The summed E-state index contributed by atoms with van der Waals surface area (Å²) in [5, 5.41) is 21.4. The van der Waals surface area contributed by atoms with E-state index in [0.29, 0.717) is 12.0 Å². The molecule has 1 amide bonds. The Morgan fingerprint density at radius 1 is 1.30 bits per heavy atom. The van der Waals surface area contributed by atoms with Crippen molar-refractivity contribution >= 4 is 28.7 Å². The number of aliphatic hydroxyl groups is 1. The Morgan fingerprint density at radius 2 is 1.91 bits per heavy atom. The number of carboxylic acid groups (broad SMARTS) is 1. The number of nitrogens with zero attached hydrogens (tertiary/aromatic N) is 1. The summed E-state index contributed by atoms with van der Waals surface area (Å²) in [4.78, 5) is 13.4. The van der Waals surface area contributed by atoms with E-state index in [2.05, 4.69) is 22.6 Å². The van der Waals surface area contributed by atoms with Crippen LogP contribution in [0.25, 0.3) is 0 Å². The highest BCUT2D eigenvalue weighted by atomic mass is 127. The lowest BCUT2D eigenvalue weighted by atomic mass is 9.87. The Morgan fingerprint density at radius 3 is 2.43 bits per heavy atom. The molecule has 0 heterocycles. The maximum absolute atomic E-state index is 12.1. The lowest BCUT2D eigenvalue weighted by molar-refractivity contribution is -0.134. The van der Waals surface area contributed by atoms with Crippen LogP contribution in [0.2, 0.25) is 0 Å². The molecule has 0 aliphatic heterocycles. The number of halogens is 1. The molecule has 2 rings (SSSR count). The van der Waals surface area contributed by atoms with Gasteiger partial charge in [-0.25, -0.2) is 4.79 Å². The van der Waals surface area contributed by atoms with Crippen LogP contribution < -0.4 is 0 Å². The zero-order valence-electron chi connectivity index (χ0n) is 13.8. The van der Waals surface area contributed by atoms with E-state index in [1.807, 2.05) is 38.1 Å². The van der Waals surface area contributed by atoms with Gasteiger partial charge in [0, 0.05) is 21.6 Å². The van der Waals surface area contributed by atoms with Crippen molar-refractivity contribution in [2.24, 2.45) is 5.92 Å². The fourth-order valence-electron chi connectivity index (χ4n) is 3.65. The van der Waals surface area contributed by atoms with Gasteiger partial charge in [0.1, 0.15) is 0 Å². The van der Waals surface area contributed by atoms with Crippen molar-refractivity contribution < 1.29 is 15.0 Å². The lowest BCUT2D eigenvalue weighted by Gasteiger charge is -2.45. The van der Waals surface area contributed by atoms with Gasteiger partial charge in [-0.05, 0) is 47.4 Å². The minimum absolute atomic E-state index is 0.110. The SMILES string of the molecule is CC(C)C[C@](O)(c1ccccc1I)N(C(=O)O)C1CCCCC1. The van der Waals surface area contributed by atoms with Crippen LogP contribution in [0.5, 0.6) is 0 Å². The molecular formula is C18H26INO3. The van der Waals surface area contributed by atoms with E-state index < -0.39 is 11.8 Å². The number of rotatable bonds is 5. The van der Waals surface area contributed by atoms with Crippen LogP contribution in [0.3, 0.4) is 0 Å². The monoisotopic (exact) mass is 431 g/mol. The number of benzene rings is 1. The van der Waals surface area contributed by atoms with E-state index in [9.17, 15) is 15.0 Å². The predicted molar refractivity (Wildman–Crippen MR) is 99.2 cm³/mol. The Labute approximate surface area is 152 Å². The summed E-state index contributed by atoms with van der Waals surface area (Å²) >= 11 is 2.18. The summed E-state index contributed by atoms with van der Waals surface area (Å²) in [7, 11) is 0. The molecule has 128 valence electrons. The highest BCUT2D eigenvalue weighted by Crippen LogP contribution is 2.39. The second-order valence-electron chi connectivity index (χ2n) is 6.84. The van der Waals surface area contributed by atoms with E-state index in [0.717, 1.165) is 35.7 Å². The fraction of sp³-hybridized carbons (Fsp3) is 0.611. The maximum Gasteiger partial charge on any atom is 0.410 e. The van der Waals surface area contributed by atoms with Gasteiger partial charge in [0.25, 0.3) is 0 Å². The van der Waals surface area contributed by atoms with Gasteiger partial charge in [-0.2, -0.15) is 0 Å². The van der Waals surface area contributed by atoms with Crippen LogP contribution in [0.4, 0.5) is 4.79 Å². The quantitative estimate of drug-likeness (QED) is 0.521. The van der Waals surface area contributed by atoms with E-state index in [1.54, 1.807) is 0 Å². The van der Waals surface area contributed by atoms with E-state index in [1.165, 1.54) is 4.90 Å². The molecule has 2 N–H and O–H groups in total. The minimum Gasteiger partial charge on any atom is -0.465 e. The summed E-state index contributed by atoms with van der Waals surface area (Å²) < 4.78 is 0.898. The van der Waals surface area contributed by atoms with Crippen molar-refractivity contribution in [2.45, 2.75) is 64.1 Å². The molecule has 23 heavy (non-hydrogen) atoms. The summed E-state index contributed by atoms with van der Waals surface area (Å²) in [5.41, 5.74) is -0.776. The van der Waals surface area contributed by atoms with E-state index in [-0.39, 0.29) is 12.0 Å². The first kappa shape index (κ1) is 18.5. The first-order valence-corrected chi connectivity index (χ1v) is 9.43. The average Bonchev–Trinajstić information content (AvgIpc) is 2.47. The van der Waals surface area contributed by atoms with Crippen molar-refractivity contribution in [3.8, 4) is 0 Å². The molecule has 0 unspecified atom stereocenters. The standard InChI is InChI=1S/C18H26INO3/c1-13(2)12-18(23,15-10-6-7-11-16(15)19)20(17(21)22)14-8-4-3-5-9-14/h6-7,10-11,13-14,23H,3-5,8-9,12H2,1-2H3,(H,21,22)/t18-/m0/s1. The molecule has 0 saturated heterocycles. The Bertz CT molecular complexity index is 543. The van der Waals surface area contributed by atoms with Crippen LogP contribution in [0.1, 0.15) is 57.9 Å². The van der Waals surface area contributed by atoms with Crippen molar-refractivity contribution in [3.05, 3.63) is 33.4 Å². The topological polar surface area (TPSA) is 60.8 Å². The van der Waals surface area contributed by atoms with Crippen LogP contribution in [0.15, 0.2) is 24.3 Å². The third-order valence-corrected chi connectivity index (χ3v) is 5.48. The maximum atomic E-state index is 12.1. The molecule has 0 spiro atoms. The van der Waals surface area contributed by atoms with Gasteiger partial charge >= 0.3 is 6.09 Å². The molecule has 1 atom stereocenters. The molecule has 1 aliphatic rings. The van der Waals surface area contributed by atoms with Gasteiger partial charge in [-0.1, -0.05) is 51.3 Å². The normalized spacial score (nSPS) is 18.7. The molecule has 0 radical (unpaired) electrons. The van der Waals surface area contributed by atoms with Gasteiger partial charge in [-0.3, -0.25) is 4.90 Å². The molecule has 1 aromatic carbocycles. The summed E-state index contributed by atoms with van der Waals surface area (Å²) in [5.74, 6) is 0.182. The molecule has 1 fully saturated rings. The summed E-state index contributed by atoms with van der Waals surface area (Å²) in [6.07, 6.45) is 4.23. The average molecular weight is 431 g/mol. The van der Waals surface area contributed by atoms with E-state index in [4.69, 9.17) is 0 Å². The minimum atomic E-state index is -1.47. The lowest BCUT2D eigenvalue weighted by Crippen LogP contribution is -2.55. The fourth-order valence-corrected chi connectivity index (χ4v) is 4.47. The molecule has 1 saturated carbocycles. The predicted octanol–water partition coefficient (Wildman–Crippen LogP) is 4.80. The van der Waals surface area contributed by atoms with Gasteiger partial charge < -0.3 is 10.2 Å². The largest absolute Gasteiger partial charge is 0.465 e. The smallest absolute Gasteiger partial charge is 0.410 e. The summed E-state index contributed by atoms with van der Waals surface area (Å²) in [6, 6.07) is 7.43. The van der Waals surface area contributed by atoms with Crippen LogP contribution in [-0.2, 0) is 5.72 Å². The number of hydrogen-bond donors (Lipinski definition) is 2. The first-order valence-electron chi connectivity index (χ1n) is 8.36. The third kappa shape index (κ3) is 4.18. The van der Waals surface area contributed by atoms with Gasteiger partial charge in [0.15, 0.2) is 5.72 Å². The molecule has 1 aliphatic carbocycles. The zero-order chi connectivity index (χ0) is 17.0. The number of amides is 1. The van der Waals surface area contributed by atoms with Crippen LogP contribution >= 0.6 is 22.6 Å². The molecule has 0 bridgehead atoms. The van der Waals surface area contributed by atoms with Gasteiger partial charge in [0.05, 0.1) is 0 Å². The highest BCUT2D eigenvalue weighted by Gasteiger charge is 2.45. The third-order valence-electron chi connectivity index (χ3n) is 4.54. The Balaban J connectivity index is 2.49. The Hall–Kier alpha value is -0.820. The van der Waals surface area contributed by atoms with Crippen LogP contribution in [-0.4, -0.2) is 27.2 Å². The van der Waals surface area contributed by atoms with Gasteiger partial charge in [0.2, 0.25) is 0 Å². The second-order valence-corrected chi connectivity index (χ2v) is 8.00. The molecule has 4 nitrogen and oxygen atoms in total. The molecular weight excluding hydrogens is 405 g/mol. The first-order chi connectivity index (χ1) is 10.9. The number of carbonyl (C=O) groups is 1. The zero-order valence-corrected chi connectivity index (χ0v) is 16.0. The Kier molecular flexibility index (Phi) is 6.31. The highest BCUT2D eigenvalue weighted by molar-refractivity contribution is 14.1. The molecule has 5 heteroatoms. The van der Waals surface area contributed by atoms with Crippen molar-refractivity contribution in [2.75, 3.05) is 0 Å².